The van der Waals surface area contributed by atoms with Crippen molar-refractivity contribution < 1.29 is 0 Å². The molecule has 0 aliphatic heterocycles. The summed E-state index contributed by atoms with van der Waals surface area (Å²) in [5.41, 5.74) is 3.48. The summed E-state index contributed by atoms with van der Waals surface area (Å²) in [5, 5.41) is 0.783. The van der Waals surface area contributed by atoms with Crippen LogP contribution >= 0.6 is 11.6 Å². The van der Waals surface area contributed by atoms with Crippen molar-refractivity contribution in [3.05, 3.63) is 53.3 Å². The molecule has 0 atom stereocenters. The van der Waals surface area contributed by atoms with Gasteiger partial charge in [-0.15, -0.1) is 0 Å². The molecule has 1 aromatic heterocycles. The molecule has 2 rings (SSSR count). The van der Waals surface area contributed by atoms with Crippen LogP contribution in [0.3, 0.4) is 0 Å². The van der Waals surface area contributed by atoms with Crippen molar-refractivity contribution in [3.63, 3.8) is 0 Å². The molecule has 0 aliphatic rings. The van der Waals surface area contributed by atoms with E-state index in [-0.39, 0.29) is 5.41 Å². The molecule has 0 saturated heterocycles. The molecule has 0 N–H and O–H groups in total. The van der Waals surface area contributed by atoms with Gasteiger partial charge in [-0.25, -0.2) is 0 Å². The van der Waals surface area contributed by atoms with E-state index in [1.807, 2.05) is 30.5 Å². The average molecular weight is 246 g/mol. The highest BCUT2D eigenvalue weighted by molar-refractivity contribution is 6.33. The summed E-state index contributed by atoms with van der Waals surface area (Å²) in [6.07, 6.45) is 3.63. The van der Waals surface area contributed by atoms with Gasteiger partial charge in [-0.05, 0) is 23.1 Å². The Morgan fingerprint density at radius 2 is 1.82 bits per heavy atom. The van der Waals surface area contributed by atoms with Crippen LogP contribution in [0.4, 0.5) is 0 Å². The van der Waals surface area contributed by atoms with Crippen LogP contribution in [-0.2, 0) is 5.41 Å². The van der Waals surface area contributed by atoms with Crippen molar-refractivity contribution in [2.24, 2.45) is 0 Å². The van der Waals surface area contributed by atoms with Gasteiger partial charge in [0.1, 0.15) is 0 Å². The predicted octanol–water partition coefficient (Wildman–Crippen LogP) is 4.70. The Labute approximate surface area is 107 Å². The highest BCUT2D eigenvalue weighted by atomic mass is 35.5. The zero-order chi connectivity index (χ0) is 12.5. The predicted molar refractivity (Wildman–Crippen MR) is 73.4 cm³/mol. The first-order valence-corrected chi connectivity index (χ1v) is 6.07. The number of hydrogen-bond donors (Lipinski definition) is 0. The molecule has 0 unspecified atom stereocenters. The van der Waals surface area contributed by atoms with Gasteiger partial charge in [0.25, 0.3) is 0 Å². The summed E-state index contributed by atoms with van der Waals surface area (Å²) < 4.78 is 0. The SMILES string of the molecule is CC(C)(C)c1cccc(Cl)c1-c1cccnc1. The van der Waals surface area contributed by atoms with Crippen molar-refractivity contribution >= 4 is 11.6 Å². The average Bonchev–Trinajstić information content (AvgIpc) is 2.28. The number of nitrogens with zero attached hydrogens (tertiary/aromatic N) is 1. The Kier molecular flexibility index (Phi) is 3.21. The van der Waals surface area contributed by atoms with Crippen LogP contribution in [0.15, 0.2) is 42.7 Å². The third-order valence-electron chi connectivity index (χ3n) is 2.77. The second-order valence-corrected chi connectivity index (χ2v) is 5.56. The van der Waals surface area contributed by atoms with Gasteiger partial charge in [-0.2, -0.15) is 0 Å². The third kappa shape index (κ3) is 2.50. The number of halogens is 1. The molecule has 2 heteroatoms. The minimum absolute atomic E-state index is 0.0656. The molecule has 0 saturated carbocycles. The van der Waals surface area contributed by atoms with Gasteiger partial charge >= 0.3 is 0 Å². The van der Waals surface area contributed by atoms with Crippen LogP contribution in [-0.4, -0.2) is 4.98 Å². The first-order chi connectivity index (χ1) is 8.00. The summed E-state index contributed by atoms with van der Waals surface area (Å²) in [4.78, 5) is 4.17. The minimum Gasteiger partial charge on any atom is -0.264 e. The number of aromatic nitrogens is 1. The minimum atomic E-state index is 0.0656. The van der Waals surface area contributed by atoms with Crippen molar-refractivity contribution in [1.29, 1.82) is 0 Å². The van der Waals surface area contributed by atoms with Gasteiger partial charge in [0.2, 0.25) is 0 Å². The fraction of sp³-hybridized carbons (Fsp3) is 0.267. The van der Waals surface area contributed by atoms with Crippen molar-refractivity contribution in [2.45, 2.75) is 26.2 Å². The maximum absolute atomic E-state index is 6.34. The molecule has 2 aromatic rings. The summed E-state index contributed by atoms with van der Waals surface area (Å²) in [6, 6.07) is 10.0. The first-order valence-electron chi connectivity index (χ1n) is 5.69. The smallest absolute Gasteiger partial charge is 0.0487 e. The van der Waals surface area contributed by atoms with Gasteiger partial charge in [0, 0.05) is 28.5 Å². The molecular weight excluding hydrogens is 230 g/mol. The van der Waals surface area contributed by atoms with Gasteiger partial charge in [0.05, 0.1) is 0 Å². The van der Waals surface area contributed by atoms with Crippen LogP contribution in [0.2, 0.25) is 5.02 Å². The quantitative estimate of drug-likeness (QED) is 0.710. The number of benzene rings is 1. The molecule has 0 radical (unpaired) electrons. The van der Waals surface area contributed by atoms with Crippen LogP contribution in [0.25, 0.3) is 11.1 Å². The van der Waals surface area contributed by atoms with E-state index >= 15 is 0 Å². The van der Waals surface area contributed by atoms with Crippen LogP contribution in [0.5, 0.6) is 0 Å². The van der Waals surface area contributed by atoms with Crippen LogP contribution in [0.1, 0.15) is 26.3 Å². The molecule has 0 amide bonds. The third-order valence-corrected chi connectivity index (χ3v) is 3.09. The lowest BCUT2D eigenvalue weighted by atomic mass is 9.82. The lowest BCUT2D eigenvalue weighted by molar-refractivity contribution is 0.592. The zero-order valence-electron chi connectivity index (χ0n) is 10.4. The molecule has 0 bridgehead atoms. The molecular formula is C15H16ClN. The van der Waals surface area contributed by atoms with E-state index in [1.54, 1.807) is 6.20 Å². The molecule has 0 aliphatic carbocycles. The molecule has 1 nitrogen and oxygen atoms in total. The lowest BCUT2D eigenvalue weighted by Gasteiger charge is -2.23. The first kappa shape index (κ1) is 12.1. The largest absolute Gasteiger partial charge is 0.264 e. The molecule has 0 spiro atoms. The Morgan fingerprint density at radius 1 is 1.06 bits per heavy atom. The summed E-state index contributed by atoms with van der Waals surface area (Å²) in [7, 11) is 0. The van der Waals surface area contributed by atoms with Gasteiger partial charge in [-0.3, -0.25) is 4.98 Å². The standard InChI is InChI=1S/C15H16ClN/c1-15(2,3)12-7-4-8-13(16)14(12)11-6-5-9-17-10-11/h4-10H,1-3H3. The monoisotopic (exact) mass is 245 g/mol. The van der Waals surface area contributed by atoms with Gasteiger partial charge in [0.15, 0.2) is 0 Å². The van der Waals surface area contributed by atoms with E-state index in [0.29, 0.717) is 0 Å². The fourth-order valence-corrected chi connectivity index (χ4v) is 2.24. The van der Waals surface area contributed by atoms with Gasteiger partial charge in [-0.1, -0.05) is 50.6 Å². The molecule has 1 aromatic carbocycles. The van der Waals surface area contributed by atoms with Crippen LogP contribution in [0, 0.1) is 0 Å². The van der Waals surface area contributed by atoms with E-state index in [9.17, 15) is 0 Å². The number of pyridine rings is 1. The highest BCUT2D eigenvalue weighted by Gasteiger charge is 2.20. The maximum Gasteiger partial charge on any atom is 0.0487 e. The summed E-state index contributed by atoms with van der Waals surface area (Å²) in [5.74, 6) is 0. The van der Waals surface area contributed by atoms with Gasteiger partial charge < -0.3 is 0 Å². The highest BCUT2D eigenvalue weighted by Crippen LogP contribution is 2.37. The lowest BCUT2D eigenvalue weighted by Crippen LogP contribution is -2.12. The van der Waals surface area contributed by atoms with E-state index in [2.05, 4.69) is 31.8 Å². The van der Waals surface area contributed by atoms with Crippen molar-refractivity contribution in [2.75, 3.05) is 0 Å². The van der Waals surface area contributed by atoms with Crippen molar-refractivity contribution in [3.8, 4) is 11.1 Å². The summed E-state index contributed by atoms with van der Waals surface area (Å²) >= 11 is 6.34. The Morgan fingerprint density at radius 3 is 2.41 bits per heavy atom. The molecule has 17 heavy (non-hydrogen) atoms. The normalized spacial score (nSPS) is 11.5. The topological polar surface area (TPSA) is 12.9 Å². The molecule has 1 heterocycles. The van der Waals surface area contributed by atoms with E-state index in [1.165, 1.54) is 5.56 Å². The van der Waals surface area contributed by atoms with Crippen LogP contribution < -0.4 is 0 Å². The number of hydrogen-bond acceptors (Lipinski definition) is 1. The fourth-order valence-electron chi connectivity index (χ4n) is 1.95. The Bertz CT molecular complexity index is 512. The van der Waals surface area contributed by atoms with E-state index in [0.717, 1.165) is 16.1 Å². The second kappa shape index (κ2) is 4.50. The maximum atomic E-state index is 6.34. The second-order valence-electron chi connectivity index (χ2n) is 5.15. The Hall–Kier alpha value is -1.34. The Balaban J connectivity index is 2.69. The van der Waals surface area contributed by atoms with E-state index in [4.69, 9.17) is 11.6 Å². The van der Waals surface area contributed by atoms with Crippen molar-refractivity contribution in [1.82, 2.24) is 4.98 Å². The molecule has 0 fully saturated rings. The summed E-state index contributed by atoms with van der Waals surface area (Å²) in [6.45, 7) is 6.58. The van der Waals surface area contributed by atoms with E-state index < -0.39 is 0 Å². The number of rotatable bonds is 1. The molecule has 88 valence electrons. The zero-order valence-corrected chi connectivity index (χ0v) is 11.1.